The van der Waals surface area contributed by atoms with Gasteiger partial charge in [0, 0.05) is 32.0 Å². The fraction of sp³-hybridized carbons (Fsp3) is 0.333. The first-order valence-electron chi connectivity index (χ1n) is 6.72. The first-order valence-corrected chi connectivity index (χ1v) is 6.72. The summed E-state index contributed by atoms with van der Waals surface area (Å²) in [6, 6.07) is 7.62. The number of hydrogen-bond donors (Lipinski definition) is 1. The van der Waals surface area contributed by atoms with E-state index in [1.807, 2.05) is 38.2 Å². The van der Waals surface area contributed by atoms with Gasteiger partial charge in [-0.15, -0.1) is 0 Å². The molecule has 0 aliphatic carbocycles. The summed E-state index contributed by atoms with van der Waals surface area (Å²) in [5.74, 6) is -0.0595. The number of nitrogens with two attached hydrogens (primary N) is 1. The Morgan fingerprint density at radius 2 is 2.15 bits per heavy atom. The SMILES string of the molecule is CCCN(Cc1ccccc1N)C(=O)c1cn(C)cn1. The maximum Gasteiger partial charge on any atom is 0.274 e. The van der Waals surface area contributed by atoms with Crippen LogP contribution in [0.25, 0.3) is 0 Å². The summed E-state index contributed by atoms with van der Waals surface area (Å²) in [4.78, 5) is 18.4. The van der Waals surface area contributed by atoms with Crippen LogP contribution in [0.2, 0.25) is 0 Å². The van der Waals surface area contributed by atoms with E-state index in [9.17, 15) is 4.79 Å². The molecule has 1 amide bonds. The number of imidazole rings is 1. The molecule has 0 atom stereocenters. The Kier molecular flexibility index (Phi) is 4.40. The summed E-state index contributed by atoms with van der Waals surface area (Å²) in [7, 11) is 1.85. The Balaban J connectivity index is 2.19. The molecule has 5 nitrogen and oxygen atoms in total. The predicted molar refractivity (Wildman–Crippen MR) is 79.1 cm³/mol. The summed E-state index contributed by atoms with van der Waals surface area (Å²) in [6.45, 7) is 3.24. The monoisotopic (exact) mass is 272 g/mol. The maximum absolute atomic E-state index is 12.5. The molecule has 106 valence electrons. The van der Waals surface area contributed by atoms with Gasteiger partial charge in [0.2, 0.25) is 0 Å². The molecule has 0 unspecified atom stereocenters. The lowest BCUT2D eigenvalue weighted by Crippen LogP contribution is -2.31. The number of amides is 1. The summed E-state index contributed by atoms with van der Waals surface area (Å²) in [5, 5.41) is 0. The number of rotatable bonds is 5. The van der Waals surface area contributed by atoms with Crippen molar-refractivity contribution in [2.45, 2.75) is 19.9 Å². The van der Waals surface area contributed by atoms with Crippen LogP contribution in [0.3, 0.4) is 0 Å². The zero-order chi connectivity index (χ0) is 14.5. The molecule has 0 bridgehead atoms. The van der Waals surface area contributed by atoms with E-state index in [1.165, 1.54) is 0 Å². The Hall–Kier alpha value is -2.30. The number of para-hydroxylation sites is 1. The smallest absolute Gasteiger partial charge is 0.274 e. The van der Waals surface area contributed by atoms with E-state index >= 15 is 0 Å². The third kappa shape index (κ3) is 3.17. The van der Waals surface area contributed by atoms with Crippen LogP contribution in [0.1, 0.15) is 29.4 Å². The van der Waals surface area contributed by atoms with Gasteiger partial charge in [0.05, 0.1) is 6.33 Å². The third-order valence-electron chi connectivity index (χ3n) is 3.12. The van der Waals surface area contributed by atoms with Gasteiger partial charge < -0.3 is 15.2 Å². The molecular formula is C15H20N4O. The molecule has 1 aromatic heterocycles. The Morgan fingerprint density at radius 1 is 1.40 bits per heavy atom. The highest BCUT2D eigenvalue weighted by molar-refractivity contribution is 5.92. The van der Waals surface area contributed by atoms with E-state index in [0.717, 1.165) is 12.0 Å². The number of aryl methyl sites for hydroxylation is 1. The van der Waals surface area contributed by atoms with Crippen LogP contribution in [0, 0.1) is 0 Å². The number of aromatic nitrogens is 2. The number of hydrogen-bond acceptors (Lipinski definition) is 3. The van der Waals surface area contributed by atoms with E-state index < -0.39 is 0 Å². The molecule has 2 aromatic rings. The highest BCUT2D eigenvalue weighted by Gasteiger charge is 2.18. The van der Waals surface area contributed by atoms with Crippen LogP contribution < -0.4 is 5.73 Å². The zero-order valence-electron chi connectivity index (χ0n) is 11.9. The van der Waals surface area contributed by atoms with Crippen LogP contribution >= 0.6 is 0 Å². The van der Waals surface area contributed by atoms with E-state index in [2.05, 4.69) is 4.98 Å². The predicted octanol–water partition coefficient (Wildman–Crippen LogP) is 2.05. The number of carbonyl (C=O) groups excluding carboxylic acids is 1. The molecule has 20 heavy (non-hydrogen) atoms. The van der Waals surface area contributed by atoms with Gasteiger partial charge in [-0.05, 0) is 18.1 Å². The summed E-state index contributed by atoms with van der Waals surface area (Å²) in [5.41, 5.74) is 8.09. The topological polar surface area (TPSA) is 64.2 Å². The van der Waals surface area contributed by atoms with Gasteiger partial charge in [0.1, 0.15) is 5.69 Å². The first kappa shape index (κ1) is 14.1. The lowest BCUT2D eigenvalue weighted by molar-refractivity contribution is 0.0738. The second-order valence-corrected chi connectivity index (χ2v) is 4.85. The van der Waals surface area contributed by atoms with E-state index in [1.54, 1.807) is 22.0 Å². The highest BCUT2D eigenvalue weighted by Crippen LogP contribution is 2.15. The highest BCUT2D eigenvalue weighted by atomic mass is 16.2. The van der Waals surface area contributed by atoms with Crippen LogP contribution in [0.15, 0.2) is 36.8 Å². The van der Waals surface area contributed by atoms with Gasteiger partial charge in [-0.1, -0.05) is 25.1 Å². The minimum Gasteiger partial charge on any atom is -0.398 e. The lowest BCUT2D eigenvalue weighted by Gasteiger charge is -2.22. The molecule has 1 aromatic carbocycles. The summed E-state index contributed by atoms with van der Waals surface area (Å²) in [6.07, 6.45) is 4.26. The van der Waals surface area contributed by atoms with Crippen molar-refractivity contribution in [3.05, 3.63) is 48.0 Å². The van der Waals surface area contributed by atoms with Gasteiger partial charge in [0.15, 0.2) is 0 Å². The summed E-state index contributed by atoms with van der Waals surface area (Å²) < 4.78 is 1.77. The molecular weight excluding hydrogens is 252 g/mol. The Bertz CT molecular complexity index is 591. The van der Waals surface area contributed by atoms with Crippen LogP contribution in [0.4, 0.5) is 5.69 Å². The second kappa shape index (κ2) is 6.23. The standard InChI is InChI=1S/C15H20N4O/c1-3-8-19(9-12-6-4-5-7-13(12)16)15(20)14-10-18(2)11-17-14/h4-7,10-11H,3,8-9,16H2,1-2H3. The van der Waals surface area contributed by atoms with Crippen molar-refractivity contribution in [1.29, 1.82) is 0 Å². The minimum atomic E-state index is -0.0595. The Morgan fingerprint density at radius 3 is 2.75 bits per heavy atom. The molecule has 5 heteroatoms. The molecule has 2 rings (SSSR count). The van der Waals surface area contributed by atoms with E-state index in [4.69, 9.17) is 5.73 Å². The van der Waals surface area contributed by atoms with Crippen molar-refractivity contribution in [2.75, 3.05) is 12.3 Å². The molecule has 2 N–H and O–H groups in total. The Labute approximate surface area is 119 Å². The largest absolute Gasteiger partial charge is 0.398 e. The third-order valence-corrected chi connectivity index (χ3v) is 3.12. The van der Waals surface area contributed by atoms with Crippen molar-refractivity contribution in [1.82, 2.24) is 14.5 Å². The van der Waals surface area contributed by atoms with Gasteiger partial charge in [-0.2, -0.15) is 0 Å². The van der Waals surface area contributed by atoms with Crippen molar-refractivity contribution < 1.29 is 4.79 Å². The minimum absolute atomic E-state index is 0.0595. The molecule has 0 aliphatic rings. The first-order chi connectivity index (χ1) is 9.61. The van der Waals surface area contributed by atoms with Gasteiger partial charge in [-0.3, -0.25) is 4.79 Å². The van der Waals surface area contributed by atoms with Crippen molar-refractivity contribution >= 4 is 11.6 Å². The molecule has 0 saturated heterocycles. The number of anilines is 1. The maximum atomic E-state index is 12.5. The second-order valence-electron chi connectivity index (χ2n) is 4.85. The molecule has 0 fully saturated rings. The van der Waals surface area contributed by atoms with Crippen molar-refractivity contribution in [3.8, 4) is 0 Å². The van der Waals surface area contributed by atoms with Gasteiger partial charge >= 0.3 is 0 Å². The van der Waals surface area contributed by atoms with Crippen LogP contribution in [-0.4, -0.2) is 26.9 Å². The van der Waals surface area contributed by atoms with Gasteiger partial charge in [-0.25, -0.2) is 4.98 Å². The average molecular weight is 272 g/mol. The lowest BCUT2D eigenvalue weighted by atomic mass is 10.1. The number of carbonyl (C=O) groups is 1. The molecule has 0 aliphatic heterocycles. The number of nitrogens with zero attached hydrogens (tertiary/aromatic N) is 3. The zero-order valence-corrected chi connectivity index (χ0v) is 11.9. The van der Waals surface area contributed by atoms with Crippen molar-refractivity contribution in [2.24, 2.45) is 7.05 Å². The molecule has 0 saturated carbocycles. The molecule has 0 radical (unpaired) electrons. The normalized spacial score (nSPS) is 10.5. The average Bonchev–Trinajstić information content (AvgIpc) is 2.86. The fourth-order valence-corrected chi connectivity index (χ4v) is 2.09. The van der Waals surface area contributed by atoms with Crippen molar-refractivity contribution in [3.63, 3.8) is 0 Å². The quantitative estimate of drug-likeness (QED) is 0.847. The number of nitrogen functional groups attached to an aromatic ring is 1. The molecule has 0 spiro atoms. The molecule has 1 heterocycles. The van der Waals surface area contributed by atoms with E-state index in [0.29, 0.717) is 24.5 Å². The summed E-state index contributed by atoms with van der Waals surface area (Å²) >= 11 is 0. The number of benzene rings is 1. The van der Waals surface area contributed by atoms with Crippen LogP contribution in [-0.2, 0) is 13.6 Å². The van der Waals surface area contributed by atoms with E-state index in [-0.39, 0.29) is 5.91 Å². The van der Waals surface area contributed by atoms with Gasteiger partial charge in [0.25, 0.3) is 5.91 Å². The fourth-order valence-electron chi connectivity index (χ4n) is 2.09. The van der Waals surface area contributed by atoms with Crippen LogP contribution in [0.5, 0.6) is 0 Å².